The van der Waals surface area contributed by atoms with Crippen LogP contribution in [-0.4, -0.2) is 10.6 Å². The lowest BCUT2D eigenvalue weighted by Gasteiger charge is -1.97. The van der Waals surface area contributed by atoms with Gasteiger partial charge < -0.3 is 4.89 Å². The van der Waals surface area contributed by atoms with E-state index >= 15 is 0 Å². The molecular formula is C9H23O2PS. The molecule has 1 atom stereocenters. The van der Waals surface area contributed by atoms with Gasteiger partial charge in [0.05, 0.1) is 0 Å². The van der Waals surface area contributed by atoms with Gasteiger partial charge in [-0.3, -0.25) is 4.57 Å². The van der Waals surface area contributed by atoms with Gasteiger partial charge in [-0.15, -0.1) is 0 Å². The lowest BCUT2D eigenvalue weighted by atomic mass is 10.1. The Balaban J connectivity index is 0. The maximum Gasteiger partial charge on any atom is 0.177 e. The Labute approximate surface area is 88.8 Å². The van der Waals surface area contributed by atoms with Crippen molar-refractivity contribution < 1.29 is 9.46 Å². The average Bonchev–Trinajstić information content (AvgIpc) is 2.13. The molecule has 0 heterocycles. The zero-order valence-corrected chi connectivity index (χ0v) is 10.6. The van der Waals surface area contributed by atoms with Crippen LogP contribution in [0.5, 0.6) is 0 Å². The fourth-order valence-electron chi connectivity index (χ4n) is 1.07. The van der Waals surface area contributed by atoms with Gasteiger partial charge in [-0.25, -0.2) is 0 Å². The Morgan fingerprint density at radius 3 is 1.85 bits per heavy atom. The summed E-state index contributed by atoms with van der Waals surface area (Å²) in [5, 5.41) is 0. The molecule has 13 heavy (non-hydrogen) atoms. The van der Waals surface area contributed by atoms with Crippen molar-refractivity contribution in [2.75, 3.05) is 5.75 Å². The molecule has 4 heteroatoms. The van der Waals surface area contributed by atoms with Crippen molar-refractivity contribution in [1.29, 1.82) is 0 Å². The third kappa shape index (κ3) is 24.5. The van der Waals surface area contributed by atoms with E-state index in [4.69, 9.17) is 9.46 Å². The molecule has 0 aliphatic rings. The number of hydrogen-bond donors (Lipinski definition) is 2. The molecule has 0 radical (unpaired) electrons. The van der Waals surface area contributed by atoms with Crippen LogP contribution in [0.4, 0.5) is 0 Å². The summed E-state index contributed by atoms with van der Waals surface area (Å²) in [6.07, 6.45) is 9.74. The Hall–Kier alpha value is 0.540. The first-order chi connectivity index (χ1) is 6.33. The summed E-state index contributed by atoms with van der Waals surface area (Å²) in [4.78, 5) is 7.10. The highest BCUT2D eigenvalue weighted by Crippen LogP contribution is 2.06. The van der Waals surface area contributed by atoms with Crippen LogP contribution in [-0.2, 0) is 4.57 Å². The van der Waals surface area contributed by atoms with Crippen molar-refractivity contribution in [1.82, 2.24) is 0 Å². The predicted octanol–water partition coefficient (Wildman–Crippen LogP) is 3.32. The maximum absolute atomic E-state index is 8.57. The molecule has 0 amide bonds. The van der Waals surface area contributed by atoms with Crippen LogP contribution < -0.4 is 0 Å². The zero-order valence-electron chi connectivity index (χ0n) is 8.54. The van der Waals surface area contributed by atoms with Gasteiger partial charge in [-0.05, 0) is 12.2 Å². The molecule has 0 aliphatic carbocycles. The third-order valence-electron chi connectivity index (χ3n) is 1.76. The summed E-state index contributed by atoms with van der Waals surface area (Å²) in [6.45, 7) is 2.26. The van der Waals surface area contributed by atoms with Crippen molar-refractivity contribution >= 4 is 21.3 Å². The van der Waals surface area contributed by atoms with Gasteiger partial charge in [0.2, 0.25) is 0 Å². The summed E-state index contributed by atoms with van der Waals surface area (Å²) >= 11 is 4.16. The molecule has 0 fully saturated rings. The molecule has 0 aromatic rings. The zero-order chi connectivity index (χ0) is 10.4. The predicted molar refractivity (Wildman–Crippen MR) is 64.5 cm³/mol. The van der Waals surface area contributed by atoms with Crippen LogP contribution in [0.3, 0.4) is 0 Å². The van der Waals surface area contributed by atoms with Gasteiger partial charge >= 0.3 is 0 Å². The lowest BCUT2D eigenvalue weighted by molar-refractivity contribution is 0.524. The first kappa shape index (κ1) is 16.0. The molecule has 0 aromatic heterocycles. The van der Waals surface area contributed by atoms with E-state index in [0.717, 1.165) is 5.75 Å². The minimum Gasteiger partial charge on any atom is -0.348 e. The van der Waals surface area contributed by atoms with Crippen molar-refractivity contribution in [2.24, 2.45) is 0 Å². The minimum absolute atomic E-state index is 1.06. The van der Waals surface area contributed by atoms with Crippen LogP contribution in [0.2, 0.25) is 0 Å². The van der Waals surface area contributed by atoms with Gasteiger partial charge in [-0.1, -0.05) is 45.4 Å². The molecule has 0 aliphatic heterocycles. The molecule has 0 saturated carbocycles. The topological polar surface area (TPSA) is 37.3 Å². The maximum atomic E-state index is 8.57. The van der Waals surface area contributed by atoms with E-state index in [0.29, 0.717) is 0 Å². The van der Waals surface area contributed by atoms with Gasteiger partial charge in [-0.2, -0.15) is 12.6 Å². The Bertz CT molecular complexity index is 83.7. The van der Waals surface area contributed by atoms with E-state index in [9.17, 15) is 0 Å². The van der Waals surface area contributed by atoms with Crippen LogP contribution >= 0.6 is 21.3 Å². The highest BCUT2D eigenvalue weighted by atomic mass is 32.1. The van der Waals surface area contributed by atoms with E-state index in [1.807, 2.05) is 0 Å². The van der Waals surface area contributed by atoms with Crippen LogP contribution in [0, 0.1) is 0 Å². The molecule has 0 rings (SSSR count). The summed E-state index contributed by atoms with van der Waals surface area (Å²) in [6, 6.07) is 0. The van der Waals surface area contributed by atoms with Gasteiger partial charge in [0.25, 0.3) is 0 Å². The SMILES string of the molecule is CCCCCCCCCS.O=[PH2]O. The number of thiol groups is 1. The number of rotatable bonds is 7. The second kappa shape index (κ2) is 18.3. The van der Waals surface area contributed by atoms with Crippen LogP contribution in [0.1, 0.15) is 51.9 Å². The van der Waals surface area contributed by atoms with Crippen LogP contribution in [0.25, 0.3) is 0 Å². The molecule has 0 spiro atoms. The van der Waals surface area contributed by atoms with Gasteiger partial charge in [0.1, 0.15) is 0 Å². The molecule has 82 valence electrons. The minimum atomic E-state index is -1.50. The van der Waals surface area contributed by atoms with E-state index < -0.39 is 8.69 Å². The number of hydrogen-bond acceptors (Lipinski definition) is 2. The summed E-state index contributed by atoms with van der Waals surface area (Å²) in [7, 11) is -1.50. The Morgan fingerprint density at radius 2 is 1.46 bits per heavy atom. The fourth-order valence-corrected chi connectivity index (χ4v) is 1.29. The van der Waals surface area contributed by atoms with Gasteiger partial charge in [0.15, 0.2) is 8.69 Å². The third-order valence-corrected chi connectivity index (χ3v) is 2.08. The lowest BCUT2D eigenvalue weighted by Crippen LogP contribution is -1.79. The second-order valence-corrected chi connectivity index (χ2v) is 3.61. The van der Waals surface area contributed by atoms with E-state index in [1.165, 1.54) is 44.9 Å². The first-order valence-electron chi connectivity index (χ1n) is 5.02. The highest BCUT2D eigenvalue weighted by Gasteiger charge is 1.87. The monoisotopic (exact) mass is 226 g/mol. The van der Waals surface area contributed by atoms with Crippen molar-refractivity contribution in [3.8, 4) is 0 Å². The standard InChI is InChI=1S/C9H20S.H3O2P/c1-2-3-4-5-6-7-8-9-10;1-3-2/h10H,2-9H2,1H3;3H2,(H,1,2). The average molecular weight is 226 g/mol. The Morgan fingerprint density at radius 1 is 1.08 bits per heavy atom. The van der Waals surface area contributed by atoms with Gasteiger partial charge in [0, 0.05) is 0 Å². The summed E-state index contributed by atoms with van der Waals surface area (Å²) in [5.74, 6) is 1.06. The van der Waals surface area contributed by atoms with Crippen LogP contribution in [0.15, 0.2) is 0 Å². The molecule has 1 unspecified atom stereocenters. The molecule has 0 bridgehead atoms. The molecule has 2 nitrogen and oxygen atoms in total. The number of unbranched alkanes of at least 4 members (excludes halogenated alkanes) is 6. The van der Waals surface area contributed by atoms with Crippen molar-refractivity contribution in [3.63, 3.8) is 0 Å². The van der Waals surface area contributed by atoms with E-state index in [2.05, 4.69) is 19.6 Å². The van der Waals surface area contributed by atoms with Crippen molar-refractivity contribution in [3.05, 3.63) is 0 Å². The largest absolute Gasteiger partial charge is 0.348 e. The quantitative estimate of drug-likeness (QED) is 0.397. The second-order valence-electron chi connectivity index (χ2n) is 2.95. The first-order valence-corrected chi connectivity index (χ1v) is 6.64. The summed E-state index contributed by atoms with van der Waals surface area (Å²) in [5.41, 5.74) is 0. The fraction of sp³-hybridized carbons (Fsp3) is 1.00. The van der Waals surface area contributed by atoms with E-state index in [1.54, 1.807) is 0 Å². The molecule has 1 N–H and O–H groups in total. The smallest absolute Gasteiger partial charge is 0.177 e. The Kier molecular flexibility index (Phi) is 22.6. The normalized spacial score (nSPS) is 10.1. The van der Waals surface area contributed by atoms with Crippen molar-refractivity contribution in [2.45, 2.75) is 51.9 Å². The molecule has 0 saturated heterocycles. The highest BCUT2D eigenvalue weighted by molar-refractivity contribution is 7.80. The molecular weight excluding hydrogens is 203 g/mol. The molecule has 0 aromatic carbocycles. The summed E-state index contributed by atoms with van der Waals surface area (Å²) < 4.78 is 8.57. The van der Waals surface area contributed by atoms with E-state index in [-0.39, 0.29) is 0 Å².